The van der Waals surface area contributed by atoms with Crippen molar-refractivity contribution in [2.24, 2.45) is 12.2 Å². The van der Waals surface area contributed by atoms with E-state index in [9.17, 15) is 4.79 Å². The number of azide groups is 1. The fourth-order valence-corrected chi connectivity index (χ4v) is 1.54. The van der Waals surface area contributed by atoms with Crippen molar-refractivity contribution in [1.29, 1.82) is 0 Å². The number of rotatable bonds is 6. The van der Waals surface area contributed by atoms with Crippen molar-refractivity contribution in [1.82, 2.24) is 15.1 Å². The lowest BCUT2D eigenvalue weighted by atomic mass is 10.1. The zero-order valence-corrected chi connectivity index (χ0v) is 9.66. The highest BCUT2D eigenvalue weighted by Crippen LogP contribution is 2.16. The summed E-state index contributed by atoms with van der Waals surface area (Å²) in [5.41, 5.74) is 9.38. The van der Waals surface area contributed by atoms with Crippen molar-refractivity contribution < 1.29 is 9.90 Å². The van der Waals surface area contributed by atoms with Gasteiger partial charge in [0.05, 0.1) is 5.69 Å². The molecular formula is C9H14N6O2. The second kappa shape index (κ2) is 5.88. The normalized spacial score (nSPS) is 11.9. The molecule has 1 unspecified atom stereocenters. The fraction of sp³-hybridized carbons (Fsp3) is 0.556. The quantitative estimate of drug-likeness (QED) is 0.329. The van der Waals surface area contributed by atoms with Crippen molar-refractivity contribution in [2.75, 3.05) is 13.1 Å². The van der Waals surface area contributed by atoms with Gasteiger partial charge >= 0.3 is 5.97 Å². The van der Waals surface area contributed by atoms with Gasteiger partial charge in [-0.2, -0.15) is 5.10 Å². The molecule has 1 heterocycles. The number of carbonyl (C=O) groups is 1. The molecule has 0 radical (unpaired) electrons. The third-order valence-electron chi connectivity index (χ3n) is 2.23. The van der Waals surface area contributed by atoms with Crippen molar-refractivity contribution >= 4 is 5.97 Å². The Balaban J connectivity index is 2.75. The summed E-state index contributed by atoms with van der Waals surface area (Å²) in [6.45, 7) is 2.26. The molecule has 0 bridgehead atoms. The Morgan fingerprint density at radius 2 is 2.53 bits per heavy atom. The Morgan fingerprint density at radius 3 is 3.00 bits per heavy atom. The summed E-state index contributed by atoms with van der Waals surface area (Å²) in [6, 6.07) is -0.836. The minimum absolute atomic E-state index is 0.208. The van der Waals surface area contributed by atoms with Crippen LogP contribution in [-0.2, 0) is 11.8 Å². The molecular weight excluding hydrogens is 224 g/mol. The first-order chi connectivity index (χ1) is 8.06. The molecule has 8 nitrogen and oxygen atoms in total. The van der Waals surface area contributed by atoms with Gasteiger partial charge < -0.3 is 10.4 Å². The van der Waals surface area contributed by atoms with E-state index < -0.39 is 12.0 Å². The summed E-state index contributed by atoms with van der Waals surface area (Å²) >= 11 is 0. The standard InChI is InChI=1S/C9H14N6O2/c1-6-7(5-15(2)13-6)8(9(16)17)11-3-4-12-14-10/h5,8,11H,3-4H2,1-2H3,(H,16,17). The zero-order chi connectivity index (χ0) is 12.8. The Bertz CT molecular complexity index is 448. The first-order valence-corrected chi connectivity index (χ1v) is 5.03. The molecule has 1 rings (SSSR count). The summed E-state index contributed by atoms with van der Waals surface area (Å²) in [7, 11) is 1.73. The molecule has 0 saturated heterocycles. The summed E-state index contributed by atoms with van der Waals surface area (Å²) in [4.78, 5) is 13.7. The molecule has 1 aromatic heterocycles. The number of aryl methyl sites for hydroxylation is 2. The van der Waals surface area contributed by atoms with Crippen molar-refractivity contribution in [3.63, 3.8) is 0 Å². The van der Waals surface area contributed by atoms with Gasteiger partial charge in [-0.25, -0.2) is 0 Å². The van der Waals surface area contributed by atoms with Gasteiger partial charge in [-0.15, -0.1) is 0 Å². The smallest absolute Gasteiger partial charge is 0.325 e. The molecule has 0 fully saturated rings. The Labute approximate surface area is 97.9 Å². The first kappa shape index (κ1) is 13.0. The molecule has 1 aromatic rings. The van der Waals surface area contributed by atoms with E-state index in [-0.39, 0.29) is 6.54 Å². The van der Waals surface area contributed by atoms with Crippen LogP contribution < -0.4 is 5.32 Å². The predicted octanol–water partition coefficient (Wildman–Crippen LogP) is 0.754. The average molecular weight is 238 g/mol. The topological polar surface area (TPSA) is 116 Å². The van der Waals surface area contributed by atoms with E-state index in [4.69, 9.17) is 10.6 Å². The highest BCUT2D eigenvalue weighted by Gasteiger charge is 2.22. The number of nitrogens with zero attached hydrogens (tertiary/aromatic N) is 5. The number of hydrogen-bond acceptors (Lipinski definition) is 4. The number of nitrogens with one attached hydrogen (secondary N) is 1. The van der Waals surface area contributed by atoms with Crippen LogP contribution in [0.4, 0.5) is 0 Å². The molecule has 0 aliphatic heterocycles. The Hall–Kier alpha value is -2.05. The third kappa shape index (κ3) is 3.47. The van der Waals surface area contributed by atoms with Crippen LogP contribution in [0, 0.1) is 6.92 Å². The van der Waals surface area contributed by atoms with E-state index in [0.29, 0.717) is 17.8 Å². The molecule has 0 aliphatic carbocycles. The summed E-state index contributed by atoms with van der Waals surface area (Å²) in [5.74, 6) is -0.984. The Kier molecular flexibility index (Phi) is 4.50. The lowest BCUT2D eigenvalue weighted by Gasteiger charge is -2.12. The summed E-state index contributed by atoms with van der Waals surface area (Å²) in [5, 5.41) is 19.3. The van der Waals surface area contributed by atoms with Gasteiger partial charge in [-0.3, -0.25) is 9.48 Å². The highest BCUT2D eigenvalue weighted by molar-refractivity contribution is 5.75. The monoisotopic (exact) mass is 238 g/mol. The molecule has 0 aromatic carbocycles. The summed E-state index contributed by atoms with van der Waals surface area (Å²) < 4.78 is 1.57. The van der Waals surface area contributed by atoms with Crippen molar-refractivity contribution in [3.8, 4) is 0 Å². The number of carboxylic acid groups (broad SMARTS) is 1. The van der Waals surface area contributed by atoms with Crippen LogP contribution in [0.2, 0.25) is 0 Å². The number of carboxylic acids is 1. The first-order valence-electron chi connectivity index (χ1n) is 5.03. The van der Waals surface area contributed by atoms with Crippen LogP contribution in [0.25, 0.3) is 10.4 Å². The lowest BCUT2D eigenvalue weighted by molar-refractivity contribution is -0.139. The highest BCUT2D eigenvalue weighted by atomic mass is 16.4. The SMILES string of the molecule is Cc1nn(C)cc1C(NCCN=[N+]=[N-])C(=O)O. The minimum atomic E-state index is -0.984. The van der Waals surface area contributed by atoms with Gasteiger partial charge in [-0.05, 0) is 12.5 Å². The van der Waals surface area contributed by atoms with Gasteiger partial charge in [0, 0.05) is 36.8 Å². The van der Waals surface area contributed by atoms with Crippen LogP contribution >= 0.6 is 0 Å². The number of hydrogen-bond donors (Lipinski definition) is 2. The van der Waals surface area contributed by atoms with Crippen LogP contribution in [0.1, 0.15) is 17.3 Å². The molecule has 2 N–H and O–H groups in total. The van der Waals surface area contributed by atoms with Crippen molar-refractivity contribution in [3.05, 3.63) is 27.9 Å². The zero-order valence-electron chi connectivity index (χ0n) is 9.66. The van der Waals surface area contributed by atoms with Gasteiger partial charge in [-0.1, -0.05) is 5.11 Å². The number of aromatic nitrogens is 2. The van der Waals surface area contributed by atoms with E-state index in [0.717, 1.165) is 0 Å². The maximum atomic E-state index is 11.1. The van der Waals surface area contributed by atoms with Gasteiger partial charge in [0.2, 0.25) is 0 Å². The maximum absolute atomic E-state index is 11.1. The second-order valence-electron chi connectivity index (χ2n) is 3.52. The summed E-state index contributed by atoms with van der Waals surface area (Å²) in [6.07, 6.45) is 1.66. The van der Waals surface area contributed by atoms with E-state index in [2.05, 4.69) is 20.4 Å². The Morgan fingerprint density at radius 1 is 1.82 bits per heavy atom. The molecule has 0 saturated carbocycles. The van der Waals surface area contributed by atoms with Gasteiger partial charge in [0.25, 0.3) is 0 Å². The molecule has 0 aliphatic rings. The molecule has 92 valence electrons. The van der Waals surface area contributed by atoms with E-state index in [1.807, 2.05) is 0 Å². The van der Waals surface area contributed by atoms with Crippen LogP contribution in [0.3, 0.4) is 0 Å². The van der Waals surface area contributed by atoms with Gasteiger partial charge in [0.1, 0.15) is 6.04 Å². The maximum Gasteiger partial charge on any atom is 0.325 e. The largest absolute Gasteiger partial charge is 0.480 e. The second-order valence-corrected chi connectivity index (χ2v) is 3.52. The molecule has 0 spiro atoms. The van der Waals surface area contributed by atoms with Crippen molar-refractivity contribution in [2.45, 2.75) is 13.0 Å². The molecule has 1 atom stereocenters. The van der Waals surface area contributed by atoms with E-state index >= 15 is 0 Å². The fourth-order valence-electron chi connectivity index (χ4n) is 1.54. The minimum Gasteiger partial charge on any atom is -0.480 e. The van der Waals surface area contributed by atoms with E-state index in [1.165, 1.54) is 0 Å². The van der Waals surface area contributed by atoms with Crippen LogP contribution in [0.15, 0.2) is 11.3 Å². The van der Waals surface area contributed by atoms with Crippen LogP contribution in [-0.4, -0.2) is 33.9 Å². The molecule has 8 heteroatoms. The van der Waals surface area contributed by atoms with Gasteiger partial charge in [0.15, 0.2) is 0 Å². The third-order valence-corrected chi connectivity index (χ3v) is 2.23. The van der Waals surface area contributed by atoms with E-state index in [1.54, 1.807) is 24.9 Å². The molecule has 0 amide bonds. The average Bonchev–Trinajstić information content (AvgIpc) is 2.57. The van der Waals surface area contributed by atoms with Crippen LogP contribution in [0.5, 0.6) is 0 Å². The molecule has 17 heavy (non-hydrogen) atoms. The lowest BCUT2D eigenvalue weighted by Crippen LogP contribution is -2.30. The predicted molar refractivity (Wildman–Crippen MR) is 60.3 cm³/mol. The number of aliphatic carboxylic acids is 1.